The minimum absolute atomic E-state index is 0.149. The number of terminal acetylenes is 1. The summed E-state index contributed by atoms with van der Waals surface area (Å²) in [5.41, 5.74) is 2.92. The van der Waals surface area contributed by atoms with E-state index < -0.39 is 23.8 Å². The molecule has 1 fully saturated rings. The maximum absolute atomic E-state index is 14.2. The van der Waals surface area contributed by atoms with E-state index in [1.165, 1.54) is 0 Å². The number of nitrogens with zero attached hydrogens (tertiary/aromatic N) is 1. The van der Waals surface area contributed by atoms with Gasteiger partial charge in [0.05, 0.1) is 0 Å². The van der Waals surface area contributed by atoms with Gasteiger partial charge in [-0.2, -0.15) is 0 Å². The van der Waals surface area contributed by atoms with Gasteiger partial charge in [0.25, 0.3) is 5.91 Å². The zero-order valence-corrected chi connectivity index (χ0v) is 23.4. The van der Waals surface area contributed by atoms with Gasteiger partial charge >= 0.3 is 6.09 Å². The summed E-state index contributed by atoms with van der Waals surface area (Å²) in [5.74, 6) is 1.72. The fourth-order valence-corrected chi connectivity index (χ4v) is 4.47. The zero-order chi connectivity index (χ0) is 28.2. The summed E-state index contributed by atoms with van der Waals surface area (Å²) in [6.45, 7) is 12.9. The molecule has 7 heteroatoms. The number of nitrogens with one attached hydrogen (secondary N) is 2. The molecular weight excluding hydrogens is 478 g/mol. The van der Waals surface area contributed by atoms with Gasteiger partial charge in [0.1, 0.15) is 17.7 Å². The van der Waals surface area contributed by atoms with E-state index in [9.17, 15) is 14.4 Å². The molecule has 7 nitrogen and oxygen atoms in total. The molecule has 0 saturated heterocycles. The van der Waals surface area contributed by atoms with Crippen molar-refractivity contribution in [2.45, 2.75) is 85.0 Å². The molecule has 2 atom stereocenters. The molecular formula is C31H39N3O4. The topological polar surface area (TPSA) is 87.7 Å². The van der Waals surface area contributed by atoms with Crippen molar-refractivity contribution < 1.29 is 19.1 Å². The number of anilines is 1. The summed E-state index contributed by atoms with van der Waals surface area (Å²) in [5, 5.41) is 5.83. The molecule has 0 bridgehead atoms. The SMILES string of the molecule is C#Cc1ccccc1C(C(=O)Nc1c(C)cccc1C)N(C(=O)C(NC(=O)OC(C)(C)C)C(C)C)C1CC1. The first-order valence-electron chi connectivity index (χ1n) is 13.1. The molecule has 0 aromatic heterocycles. The minimum Gasteiger partial charge on any atom is -0.444 e. The molecule has 0 heterocycles. The molecule has 0 radical (unpaired) electrons. The van der Waals surface area contributed by atoms with Crippen LogP contribution in [-0.4, -0.2) is 40.5 Å². The standard InChI is InChI=1S/C31H39N3O4/c1-9-22-15-10-11-16-24(22)27(28(35)32-26-20(4)13-12-14-21(26)5)34(23-17-18-23)29(36)25(19(2)3)33-30(37)38-31(6,7)8/h1,10-16,19,23,25,27H,17-18H2,2-8H3,(H,32,35)(H,33,37). The lowest BCUT2D eigenvalue weighted by Gasteiger charge is -2.36. The van der Waals surface area contributed by atoms with Crippen LogP contribution >= 0.6 is 0 Å². The maximum Gasteiger partial charge on any atom is 0.408 e. The molecule has 0 aliphatic heterocycles. The largest absolute Gasteiger partial charge is 0.444 e. The van der Waals surface area contributed by atoms with E-state index in [4.69, 9.17) is 11.2 Å². The summed E-state index contributed by atoms with van der Waals surface area (Å²) in [6.07, 6.45) is 6.67. The van der Waals surface area contributed by atoms with Crippen molar-refractivity contribution in [3.63, 3.8) is 0 Å². The summed E-state index contributed by atoms with van der Waals surface area (Å²) in [6, 6.07) is 10.9. The second kappa shape index (κ2) is 11.7. The van der Waals surface area contributed by atoms with Crippen LogP contribution in [0.3, 0.4) is 0 Å². The Labute approximate surface area is 226 Å². The van der Waals surface area contributed by atoms with Gasteiger partial charge in [0.15, 0.2) is 0 Å². The van der Waals surface area contributed by atoms with Crippen LogP contribution in [0.1, 0.15) is 75.8 Å². The number of aryl methyl sites for hydroxylation is 2. The molecule has 1 aliphatic rings. The van der Waals surface area contributed by atoms with Crippen LogP contribution in [0.15, 0.2) is 42.5 Å². The maximum atomic E-state index is 14.2. The number of amides is 3. The number of hydrogen-bond donors (Lipinski definition) is 2. The third-order valence-corrected chi connectivity index (χ3v) is 6.47. The van der Waals surface area contributed by atoms with Crippen LogP contribution in [0.4, 0.5) is 10.5 Å². The van der Waals surface area contributed by atoms with Crippen LogP contribution in [0, 0.1) is 32.1 Å². The number of rotatable bonds is 8. The predicted octanol–water partition coefficient (Wildman–Crippen LogP) is 5.50. The van der Waals surface area contributed by atoms with Crippen LogP contribution in [0.25, 0.3) is 0 Å². The van der Waals surface area contributed by atoms with Crippen LogP contribution < -0.4 is 10.6 Å². The van der Waals surface area contributed by atoms with E-state index >= 15 is 0 Å². The lowest BCUT2D eigenvalue weighted by atomic mass is 9.95. The van der Waals surface area contributed by atoms with Gasteiger partial charge in [-0.15, -0.1) is 6.42 Å². The number of carbonyl (C=O) groups excluding carboxylic acids is 3. The Bertz CT molecular complexity index is 1210. The Kier molecular flexibility index (Phi) is 8.88. The molecule has 2 unspecified atom stereocenters. The van der Waals surface area contributed by atoms with Gasteiger partial charge < -0.3 is 20.3 Å². The molecule has 0 spiro atoms. The highest BCUT2D eigenvalue weighted by Gasteiger charge is 2.45. The highest BCUT2D eigenvalue weighted by atomic mass is 16.6. The third-order valence-electron chi connectivity index (χ3n) is 6.47. The van der Waals surface area contributed by atoms with Crippen molar-refractivity contribution >= 4 is 23.6 Å². The highest BCUT2D eigenvalue weighted by Crippen LogP contribution is 2.38. The van der Waals surface area contributed by atoms with E-state index in [-0.39, 0.29) is 23.8 Å². The summed E-state index contributed by atoms with van der Waals surface area (Å²) >= 11 is 0. The molecule has 2 N–H and O–H groups in total. The average Bonchev–Trinajstić information content (AvgIpc) is 3.66. The third kappa shape index (κ3) is 6.95. The normalized spacial score (nSPS) is 14.7. The Balaban J connectivity index is 2.06. The first-order chi connectivity index (χ1) is 17.8. The second-order valence-electron chi connectivity index (χ2n) is 11.2. The molecule has 202 valence electrons. The van der Waals surface area contributed by atoms with Crippen LogP contribution in [0.5, 0.6) is 0 Å². The Morgan fingerprint density at radius 1 is 1.03 bits per heavy atom. The quantitative estimate of drug-likeness (QED) is 0.453. The number of hydrogen-bond acceptors (Lipinski definition) is 4. The Morgan fingerprint density at radius 3 is 2.16 bits per heavy atom. The van der Waals surface area contributed by atoms with Gasteiger partial charge in [-0.3, -0.25) is 9.59 Å². The van der Waals surface area contributed by atoms with Crippen molar-refractivity contribution in [2.24, 2.45) is 5.92 Å². The van der Waals surface area contributed by atoms with Gasteiger partial charge in [-0.1, -0.05) is 56.2 Å². The minimum atomic E-state index is -0.983. The summed E-state index contributed by atoms with van der Waals surface area (Å²) in [7, 11) is 0. The fraction of sp³-hybridized carbons (Fsp3) is 0.452. The number of ether oxygens (including phenoxy) is 1. The van der Waals surface area contributed by atoms with Crippen molar-refractivity contribution in [3.8, 4) is 12.3 Å². The monoisotopic (exact) mass is 517 g/mol. The molecule has 2 aromatic carbocycles. The van der Waals surface area contributed by atoms with Crippen LogP contribution in [-0.2, 0) is 14.3 Å². The second-order valence-corrected chi connectivity index (χ2v) is 11.2. The smallest absolute Gasteiger partial charge is 0.408 e. The summed E-state index contributed by atoms with van der Waals surface area (Å²) < 4.78 is 5.43. The summed E-state index contributed by atoms with van der Waals surface area (Å²) in [4.78, 5) is 42.6. The van der Waals surface area contributed by atoms with Crippen LogP contribution in [0.2, 0.25) is 0 Å². The zero-order valence-electron chi connectivity index (χ0n) is 23.4. The number of benzene rings is 2. The van der Waals surface area contributed by atoms with Gasteiger partial charge in [-0.25, -0.2) is 4.79 Å². The molecule has 3 rings (SSSR count). The van der Waals surface area contributed by atoms with Gasteiger partial charge in [0.2, 0.25) is 5.91 Å². The van der Waals surface area contributed by atoms with E-state index in [1.54, 1.807) is 37.8 Å². The van der Waals surface area contributed by atoms with Crippen molar-refractivity contribution in [3.05, 3.63) is 64.7 Å². The number of carbonyl (C=O) groups is 3. The first kappa shape index (κ1) is 28.8. The van der Waals surface area contributed by atoms with E-state index in [2.05, 4.69) is 16.6 Å². The van der Waals surface area contributed by atoms with E-state index in [1.807, 2.05) is 58.0 Å². The number of para-hydroxylation sites is 1. The van der Waals surface area contributed by atoms with E-state index in [0.29, 0.717) is 16.8 Å². The predicted molar refractivity (Wildman–Crippen MR) is 150 cm³/mol. The lowest BCUT2D eigenvalue weighted by Crippen LogP contribution is -2.55. The van der Waals surface area contributed by atoms with Crippen molar-refractivity contribution in [1.29, 1.82) is 0 Å². The Hall–Kier alpha value is -3.79. The molecule has 3 amide bonds. The Morgan fingerprint density at radius 2 is 1.63 bits per heavy atom. The van der Waals surface area contributed by atoms with E-state index in [0.717, 1.165) is 24.0 Å². The molecule has 38 heavy (non-hydrogen) atoms. The molecule has 1 saturated carbocycles. The van der Waals surface area contributed by atoms with Gasteiger partial charge in [0, 0.05) is 17.3 Å². The fourth-order valence-electron chi connectivity index (χ4n) is 4.47. The highest BCUT2D eigenvalue weighted by molar-refractivity contribution is 6.00. The molecule has 1 aliphatic carbocycles. The average molecular weight is 518 g/mol. The van der Waals surface area contributed by atoms with Crippen molar-refractivity contribution in [2.75, 3.05) is 5.32 Å². The number of alkyl carbamates (subject to hydrolysis) is 1. The first-order valence-corrected chi connectivity index (χ1v) is 13.1. The lowest BCUT2D eigenvalue weighted by molar-refractivity contribution is -0.142. The van der Waals surface area contributed by atoms with Gasteiger partial charge in [-0.05, 0) is 76.1 Å². The molecule has 2 aromatic rings. The van der Waals surface area contributed by atoms with Crippen molar-refractivity contribution in [1.82, 2.24) is 10.2 Å².